The predicted molar refractivity (Wildman–Crippen MR) is 85.7 cm³/mol. The SMILES string of the molecule is C[C@]1(NC(=O)CSC(=S)N2CCCC2)CCS(=O)(=O)C1. The van der Waals surface area contributed by atoms with Crippen molar-refractivity contribution in [3.63, 3.8) is 0 Å². The molecule has 2 saturated heterocycles. The minimum Gasteiger partial charge on any atom is -0.358 e. The average Bonchev–Trinajstić information content (AvgIpc) is 2.94. The van der Waals surface area contributed by atoms with Gasteiger partial charge in [0.05, 0.1) is 22.8 Å². The van der Waals surface area contributed by atoms with Crippen LogP contribution in [0, 0.1) is 0 Å². The Balaban J connectivity index is 1.77. The highest BCUT2D eigenvalue weighted by atomic mass is 32.2. The fraction of sp³-hybridized carbons (Fsp3) is 0.833. The Morgan fingerprint density at radius 1 is 1.40 bits per heavy atom. The van der Waals surface area contributed by atoms with Gasteiger partial charge in [-0.1, -0.05) is 24.0 Å². The summed E-state index contributed by atoms with van der Waals surface area (Å²) < 4.78 is 23.7. The molecule has 1 N–H and O–H groups in total. The molecular formula is C12H20N2O3S3. The Morgan fingerprint density at radius 3 is 2.60 bits per heavy atom. The van der Waals surface area contributed by atoms with E-state index in [-0.39, 0.29) is 23.2 Å². The highest BCUT2D eigenvalue weighted by Gasteiger charge is 2.39. The molecule has 0 spiro atoms. The maximum atomic E-state index is 11.9. The van der Waals surface area contributed by atoms with Crippen molar-refractivity contribution in [2.45, 2.75) is 31.7 Å². The van der Waals surface area contributed by atoms with E-state index >= 15 is 0 Å². The molecule has 2 fully saturated rings. The number of nitrogens with one attached hydrogen (secondary N) is 1. The third-order valence-corrected chi connectivity index (χ3v) is 7.06. The largest absolute Gasteiger partial charge is 0.358 e. The van der Waals surface area contributed by atoms with Crippen LogP contribution in [0.15, 0.2) is 0 Å². The standard InChI is InChI=1S/C12H20N2O3S3/c1-12(4-7-20(16,17)9-12)13-10(15)8-19-11(18)14-5-2-3-6-14/h2-9H2,1H3,(H,13,15)/t12-/m0/s1. The maximum absolute atomic E-state index is 11.9. The van der Waals surface area contributed by atoms with Crippen molar-refractivity contribution < 1.29 is 13.2 Å². The lowest BCUT2D eigenvalue weighted by molar-refractivity contribution is -0.120. The van der Waals surface area contributed by atoms with Crippen molar-refractivity contribution >= 4 is 44.0 Å². The number of likely N-dealkylation sites (tertiary alicyclic amines) is 1. The van der Waals surface area contributed by atoms with Crippen LogP contribution in [-0.4, -0.2) is 59.4 Å². The van der Waals surface area contributed by atoms with Gasteiger partial charge >= 0.3 is 0 Å². The second kappa shape index (κ2) is 6.19. The molecule has 5 nitrogen and oxygen atoms in total. The van der Waals surface area contributed by atoms with E-state index in [0.29, 0.717) is 6.42 Å². The molecule has 0 aromatic carbocycles. The number of amides is 1. The summed E-state index contributed by atoms with van der Waals surface area (Å²) in [6.07, 6.45) is 2.80. The predicted octanol–water partition coefficient (Wildman–Crippen LogP) is 0.794. The molecule has 20 heavy (non-hydrogen) atoms. The highest BCUT2D eigenvalue weighted by Crippen LogP contribution is 2.23. The first kappa shape index (κ1) is 16.0. The summed E-state index contributed by atoms with van der Waals surface area (Å²) in [6.45, 7) is 3.74. The number of hydrogen-bond donors (Lipinski definition) is 1. The number of carbonyl (C=O) groups excluding carboxylic acids is 1. The van der Waals surface area contributed by atoms with Crippen molar-refractivity contribution in [1.82, 2.24) is 10.2 Å². The molecule has 114 valence electrons. The summed E-state index contributed by atoms with van der Waals surface area (Å²) in [6, 6.07) is 0. The molecule has 8 heteroatoms. The van der Waals surface area contributed by atoms with E-state index in [4.69, 9.17) is 12.2 Å². The number of nitrogens with zero attached hydrogens (tertiary/aromatic N) is 1. The van der Waals surface area contributed by atoms with Crippen LogP contribution in [0.5, 0.6) is 0 Å². The molecule has 0 saturated carbocycles. The average molecular weight is 337 g/mol. The lowest BCUT2D eigenvalue weighted by atomic mass is 10.0. The van der Waals surface area contributed by atoms with E-state index in [0.717, 1.165) is 30.3 Å². The zero-order chi connectivity index (χ0) is 14.8. The Bertz CT molecular complexity index is 500. The Labute approximate surface area is 129 Å². The van der Waals surface area contributed by atoms with Crippen LogP contribution < -0.4 is 5.32 Å². The van der Waals surface area contributed by atoms with Crippen LogP contribution in [0.3, 0.4) is 0 Å². The zero-order valence-corrected chi connectivity index (χ0v) is 14.0. The molecule has 0 bridgehead atoms. The quantitative estimate of drug-likeness (QED) is 0.769. The lowest BCUT2D eigenvalue weighted by Gasteiger charge is -2.24. The van der Waals surface area contributed by atoms with Gasteiger partial charge in [-0.25, -0.2) is 8.42 Å². The first-order valence-electron chi connectivity index (χ1n) is 6.73. The number of sulfone groups is 1. The summed E-state index contributed by atoms with van der Waals surface area (Å²) in [7, 11) is -3.00. The van der Waals surface area contributed by atoms with Gasteiger partial charge in [0.1, 0.15) is 4.32 Å². The fourth-order valence-electron chi connectivity index (χ4n) is 2.60. The summed E-state index contributed by atoms with van der Waals surface area (Å²) in [4.78, 5) is 14.0. The molecule has 2 aliphatic heterocycles. The van der Waals surface area contributed by atoms with Gasteiger partial charge in [-0.2, -0.15) is 0 Å². The molecule has 2 aliphatic rings. The van der Waals surface area contributed by atoms with Crippen LogP contribution >= 0.6 is 24.0 Å². The number of rotatable bonds is 3. The number of carbonyl (C=O) groups is 1. The summed E-state index contributed by atoms with van der Waals surface area (Å²) >= 11 is 6.65. The van der Waals surface area contributed by atoms with Gasteiger partial charge in [0, 0.05) is 13.1 Å². The molecule has 0 aromatic heterocycles. The normalized spacial score (nSPS) is 28.6. The van der Waals surface area contributed by atoms with Gasteiger partial charge < -0.3 is 10.2 Å². The van der Waals surface area contributed by atoms with Crippen LogP contribution in [-0.2, 0) is 14.6 Å². The molecule has 0 unspecified atom stereocenters. The van der Waals surface area contributed by atoms with Crippen molar-refractivity contribution in [1.29, 1.82) is 0 Å². The number of thioether (sulfide) groups is 1. The van der Waals surface area contributed by atoms with Crippen LogP contribution in [0.2, 0.25) is 0 Å². The van der Waals surface area contributed by atoms with Gasteiger partial charge in [-0.3, -0.25) is 4.79 Å². The second-order valence-corrected chi connectivity index (χ2v) is 9.49. The molecule has 1 amide bonds. The van der Waals surface area contributed by atoms with Gasteiger partial charge in [0.2, 0.25) is 5.91 Å². The number of thiocarbonyl (C=S) groups is 1. The molecule has 2 heterocycles. The lowest BCUT2D eigenvalue weighted by Crippen LogP contribution is -2.47. The second-order valence-electron chi connectivity index (χ2n) is 5.70. The molecular weight excluding hydrogens is 316 g/mol. The van der Waals surface area contributed by atoms with Gasteiger partial charge in [-0.05, 0) is 26.2 Å². The number of hydrogen-bond acceptors (Lipinski definition) is 5. The Kier molecular flexibility index (Phi) is 4.96. The monoisotopic (exact) mass is 336 g/mol. The summed E-state index contributed by atoms with van der Waals surface area (Å²) in [5, 5.41) is 2.84. The zero-order valence-electron chi connectivity index (χ0n) is 11.6. The van der Waals surface area contributed by atoms with E-state index in [1.54, 1.807) is 6.92 Å². The first-order valence-corrected chi connectivity index (χ1v) is 9.94. The van der Waals surface area contributed by atoms with Crippen molar-refractivity contribution in [2.75, 3.05) is 30.3 Å². The van der Waals surface area contributed by atoms with E-state index in [9.17, 15) is 13.2 Å². The van der Waals surface area contributed by atoms with Crippen molar-refractivity contribution in [3.8, 4) is 0 Å². The summed E-state index contributed by atoms with van der Waals surface area (Å²) in [5.74, 6) is 0.303. The smallest absolute Gasteiger partial charge is 0.230 e. The van der Waals surface area contributed by atoms with Gasteiger partial charge in [0.25, 0.3) is 0 Å². The Morgan fingerprint density at radius 2 is 2.05 bits per heavy atom. The van der Waals surface area contributed by atoms with Crippen molar-refractivity contribution in [3.05, 3.63) is 0 Å². The van der Waals surface area contributed by atoms with E-state index < -0.39 is 15.4 Å². The molecule has 0 aromatic rings. The highest BCUT2D eigenvalue weighted by molar-refractivity contribution is 8.23. The molecule has 0 aliphatic carbocycles. The fourth-order valence-corrected chi connectivity index (χ4v) is 5.74. The molecule has 0 radical (unpaired) electrons. The van der Waals surface area contributed by atoms with E-state index in [2.05, 4.69) is 10.2 Å². The van der Waals surface area contributed by atoms with E-state index in [1.807, 2.05) is 0 Å². The van der Waals surface area contributed by atoms with Gasteiger partial charge in [-0.15, -0.1) is 0 Å². The summed E-state index contributed by atoms with van der Waals surface area (Å²) in [5.41, 5.74) is -0.619. The Hall–Kier alpha value is -0.340. The molecule has 2 rings (SSSR count). The van der Waals surface area contributed by atoms with Gasteiger partial charge in [0.15, 0.2) is 9.84 Å². The first-order chi connectivity index (χ1) is 9.30. The minimum atomic E-state index is -3.00. The third-order valence-electron chi connectivity index (χ3n) is 3.64. The third kappa shape index (κ3) is 4.33. The van der Waals surface area contributed by atoms with E-state index in [1.165, 1.54) is 11.8 Å². The van der Waals surface area contributed by atoms with Crippen LogP contribution in [0.4, 0.5) is 0 Å². The van der Waals surface area contributed by atoms with Crippen LogP contribution in [0.1, 0.15) is 26.2 Å². The van der Waals surface area contributed by atoms with Crippen LogP contribution in [0.25, 0.3) is 0 Å². The maximum Gasteiger partial charge on any atom is 0.230 e. The topological polar surface area (TPSA) is 66.5 Å². The van der Waals surface area contributed by atoms with Crippen molar-refractivity contribution in [2.24, 2.45) is 0 Å². The minimum absolute atomic E-state index is 0.0347. The molecule has 1 atom stereocenters.